The number of hydrogen-bond donors (Lipinski definition) is 0. The summed E-state index contributed by atoms with van der Waals surface area (Å²) in [5, 5.41) is 0. The molecule has 12 radical (unpaired) electrons. The monoisotopic (exact) mass is 1210 g/mol. The summed E-state index contributed by atoms with van der Waals surface area (Å²) < 4.78 is 0. The minimum absolute atomic E-state index is 0. The predicted octanol–water partition coefficient (Wildman–Crippen LogP) is 4.29. The minimum Gasteiger partial charge on any atom is -0.197 e. The van der Waals surface area contributed by atoms with Gasteiger partial charge in [0, 0.05) is 151 Å². The van der Waals surface area contributed by atoms with Gasteiger partial charge in [-0.05, 0) is 42.3 Å². The third-order valence-corrected chi connectivity index (χ3v) is 13.3. The molecule has 0 fully saturated rings. The van der Waals surface area contributed by atoms with E-state index >= 15 is 0 Å². The average molecular weight is 1210 g/mol. The Hall–Kier alpha value is -0.348. The molecule has 0 heterocycles. The van der Waals surface area contributed by atoms with E-state index < -0.39 is 0 Å². The molecule has 0 unspecified atom stereocenters. The van der Waals surface area contributed by atoms with Crippen molar-refractivity contribution in [2.75, 3.05) is 0 Å². The van der Waals surface area contributed by atoms with E-state index in [9.17, 15) is 0 Å². The third kappa shape index (κ3) is 33.3. The molecule has 0 bridgehead atoms. The van der Waals surface area contributed by atoms with Crippen LogP contribution in [0.1, 0.15) is 49.9 Å². The van der Waals surface area contributed by atoms with Crippen molar-refractivity contribution in [3.8, 4) is 24.7 Å². The number of rotatable bonds is 9. The quantitative estimate of drug-likeness (QED) is 0.150. The summed E-state index contributed by atoms with van der Waals surface area (Å²) in [6, 6.07) is 51.6. The Labute approximate surface area is 521 Å². The van der Waals surface area contributed by atoms with Gasteiger partial charge in [-0.1, -0.05) is 234 Å². The van der Waals surface area contributed by atoms with Gasteiger partial charge in [-0.2, -0.15) is 22.9 Å². The van der Waals surface area contributed by atoms with Gasteiger partial charge >= 0.3 is 0 Å². The molecule has 0 spiro atoms. The van der Waals surface area contributed by atoms with Crippen LogP contribution < -0.4 is 43.7 Å². The Bertz CT molecular complexity index is 2140. The molecule has 0 aliphatic rings. The number of halogens is 2. The molecule has 0 saturated heterocycles. The first-order chi connectivity index (χ1) is 30.0. The van der Waals surface area contributed by atoms with Crippen molar-refractivity contribution in [2.45, 2.75) is 45.8 Å². The van der Waals surface area contributed by atoms with Crippen molar-refractivity contribution < 1.29 is 131 Å². The molecule has 312 valence electrons. The summed E-state index contributed by atoms with van der Waals surface area (Å²) in [4.78, 5) is 0. The molecule has 6 aromatic rings. The normalized spacial score (nSPS) is 9.05. The van der Waals surface area contributed by atoms with Crippen LogP contribution in [0.25, 0.3) is 12.2 Å². The van der Waals surface area contributed by atoms with E-state index in [0.717, 1.165) is 54.8 Å². The van der Waals surface area contributed by atoms with Gasteiger partial charge in [0.1, 0.15) is 39.2 Å². The maximum Gasteiger partial charge on any atom is 0.275 e. The van der Waals surface area contributed by atoms with Gasteiger partial charge in [-0.3, -0.25) is 0 Å². The fourth-order valence-corrected chi connectivity index (χ4v) is 7.35. The zero-order chi connectivity index (χ0) is 46.0. The molecular formula is C51H54B8Cl2SiY4. The zero-order valence-corrected chi connectivity index (χ0v) is 53.4. The molecule has 0 aliphatic heterocycles. The summed E-state index contributed by atoms with van der Waals surface area (Å²) in [7, 11) is 21.0. The Kier molecular flexibility index (Phi) is 51.4. The molecule has 0 amide bonds. The first-order valence-electron chi connectivity index (χ1n) is 20.6. The Morgan fingerprint density at radius 1 is 0.470 bits per heavy atom. The van der Waals surface area contributed by atoms with E-state index in [1.165, 1.54) is 42.6 Å². The standard InChI is InChI=1S/C17H16B2.C10H6.C6H4B2Cl2.2C6H6B2.C6H16Si.4Y/c1-2-5-14-8-10-15(11-9-14)12-13-19-17-7-4-3-6-16(17)18;1-3-9-5-7-10(4-2)8-6-9;9-7-5-3-1-2-4-6(5)8-10;2*7-5-3-1-2-4-6(5)8;1-4-7(5-2)6-3;;;;/h2-13,18H,1H3;1-2,5-8H;1-4H;2*1-4,7-8H;7H,4-6H2,1-3H3;;;;/b5-2+,13-12+;;;;;;;;;. The summed E-state index contributed by atoms with van der Waals surface area (Å²) in [6.45, 7) is 12.0. The van der Waals surface area contributed by atoms with Crippen LogP contribution in [0.3, 0.4) is 0 Å². The van der Waals surface area contributed by atoms with Gasteiger partial charge in [0.2, 0.25) is 0 Å². The second-order valence-electron chi connectivity index (χ2n) is 13.7. The van der Waals surface area contributed by atoms with Gasteiger partial charge in [0.25, 0.3) is 13.4 Å². The van der Waals surface area contributed by atoms with Gasteiger partial charge in [-0.15, -0.1) is 18.8 Å². The fourth-order valence-electron chi connectivity index (χ4n) is 5.22. The van der Waals surface area contributed by atoms with Crippen LogP contribution in [0.4, 0.5) is 0 Å². The summed E-state index contributed by atoms with van der Waals surface area (Å²) in [5.41, 5.74) is 12.3. The summed E-state index contributed by atoms with van der Waals surface area (Å²) >= 11 is 11.0. The molecule has 0 nitrogen and oxygen atoms in total. The van der Waals surface area contributed by atoms with E-state index in [-0.39, 0.29) is 140 Å². The third-order valence-electron chi connectivity index (χ3n) is 9.33. The van der Waals surface area contributed by atoms with Crippen LogP contribution in [0.15, 0.2) is 158 Å². The first-order valence-corrected chi connectivity index (χ1v) is 23.9. The maximum atomic E-state index is 5.51. The summed E-state index contributed by atoms with van der Waals surface area (Å²) in [6.07, 6.45) is 16.5. The molecule has 66 heavy (non-hydrogen) atoms. The van der Waals surface area contributed by atoms with E-state index in [4.69, 9.17) is 35.8 Å². The smallest absolute Gasteiger partial charge is 0.197 e. The van der Waals surface area contributed by atoms with Gasteiger partial charge in [-0.25, -0.2) is 0 Å². The molecule has 15 heteroatoms. The van der Waals surface area contributed by atoms with Gasteiger partial charge in [0.05, 0.1) is 0 Å². The number of terminal acetylenes is 2. The Balaban J connectivity index is -0.000000360. The Morgan fingerprint density at radius 3 is 1.03 bits per heavy atom. The summed E-state index contributed by atoms with van der Waals surface area (Å²) in [5.74, 6) is 7.08. The topological polar surface area (TPSA) is 0 Å². The van der Waals surface area contributed by atoms with Crippen molar-refractivity contribution >= 4 is 147 Å². The van der Waals surface area contributed by atoms with Gasteiger partial charge < -0.3 is 0 Å². The number of benzene rings is 6. The van der Waals surface area contributed by atoms with Crippen molar-refractivity contribution in [1.82, 2.24) is 0 Å². The number of allylic oxidation sites excluding steroid dienone is 1. The van der Waals surface area contributed by atoms with Crippen LogP contribution in [0.2, 0.25) is 18.1 Å². The molecule has 0 aromatic heterocycles. The SMILES string of the molecule is C#Cc1ccc(C#C)cc1.CC[SiH](CC)CC.Cl[B]c1ccccc1[B]Cl.[BH]c1ccccc1[BH].[BH]c1ccccc1[BH].[BH]c1ccccc1[B]/C=C/c1ccc(/C=C/C)cc1.[Y].[Y].[Y].[Y]. The zero-order valence-electron chi connectivity index (χ0n) is 39.4. The molecular weight excluding hydrogens is 1150 g/mol. The molecule has 6 aromatic carbocycles. The number of hydrogen-bond acceptors (Lipinski definition) is 0. The Morgan fingerprint density at radius 2 is 0.773 bits per heavy atom. The van der Waals surface area contributed by atoms with E-state index in [1.54, 1.807) is 0 Å². The molecule has 0 saturated carbocycles. The molecule has 0 aliphatic carbocycles. The van der Waals surface area contributed by atoms with Crippen molar-refractivity contribution in [1.29, 1.82) is 0 Å². The maximum absolute atomic E-state index is 5.51. The van der Waals surface area contributed by atoms with Gasteiger partial charge in [0.15, 0.2) is 7.28 Å². The molecule has 0 atom stereocenters. The second-order valence-corrected chi connectivity index (χ2v) is 18.4. The van der Waals surface area contributed by atoms with Crippen LogP contribution in [-0.2, 0) is 131 Å². The van der Waals surface area contributed by atoms with Crippen LogP contribution >= 0.6 is 22.9 Å². The van der Waals surface area contributed by atoms with Crippen LogP contribution in [-0.4, -0.2) is 68.7 Å². The van der Waals surface area contributed by atoms with Crippen molar-refractivity contribution in [3.63, 3.8) is 0 Å². The second kappa shape index (κ2) is 47.0. The minimum atomic E-state index is -0.171. The predicted molar refractivity (Wildman–Crippen MR) is 299 cm³/mol. The van der Waals surface area contributed by atoms with Crippen LogP contribution in [0, 0.1) is 24.7 Å². The van der Waals surface area contributed by atoms with Crippen molar-refractivity contribution in [2.24, 2.45) is 0 Å². The fraction of sp³-hybridized carbons (Fsp3) is 0.137. The van der Waals surface area contributed by atoms with Crippen LogP contribution in [0.5, 0.6) is 0 Å². The molecule has 6 rings (SSSR count). The molecule has 0 N–H and O–H groups in total. The first kappa shape index (κ1) is 72.2. The average Bonchev–Trinajstić information content (AvgIpc) is 3.31. The van der Waals surface area contributed by atoms with E-state index in [0.29, 0.717) is 0 Å². The largest absolute Gasteiger partial charge is 0.275 e. The van der Waals surface area contributed by atoms with E-state index in [1.807, 2.05) is 128 Å². The van der Waals surface area contributed by atoms with Crippen molar-refractivity contribution in [3.05, 3.63) is 180 Å². The van der Waals surface area contributed by atoms with E-state index in [2.05, 4.69) is 128 Å².